The van der Waals surface area contributed by atoms with Gasteiger partial charge in [-0.15, -0.1) is 11.3 Å². The van der Waals surface area contributed by atoms with E-state index in [1.54, 1.807) is 14.0 Å². The molecule has 0 aliphatic rings. The van der Waals surface area contributed by atoms with Crippen LogP contribution in [0.4, 0.5) is 10.7 Å². The lowest BCUT2D eigenvalue weighted by Crippen LogP contribution is -2.10. The van der Waals surface area contributed by atoms with Crippen molar-refractivity contribution in [1.82, 2.24) is 0 Å². The second kappa shape index (κ2) is 8.74. The van der Waals surface area contributed by atoms with Crippen molar-refractivity contribution in [2.24, 2.45) is 0 Å². The fraction of sp³-hybridized carbons (Fsp3) is 0.643. The molecule has 6 nitrogen and oxygen atoms in total. The number of carbonyl (C=O) groups is 1. The Kier molecular flexibility index (Phi) is 7.31. The third kappa shape index (κ3) is 5.09. The number of hydrogen-bond donors (Lipinski definition) is 2. The molecular formula is C14H24N2O4S. The van der Waals surface area contributed by atoms with Gasteiger partial charge in [-0.05, 0) is 27.2 Å². The van der Waals surface area contributed by atoms with E-state index in [1.807, 2.05) is 13.8 Å². The fourth-order valence-electron chi connectivity index (χ4n) is 1.66. The molecule has 1 heterocycles. The Labute approximate surface area is 129 Å². The Morgan fingerprint density at radius 2 is 2.14 bits per heavy atom. The molecule has 1 aromatic heterocycles. The van der Waals surface area contributed by atoms with Crippen LogP contribution in [0.1, 0.15) is 36.9 Å². The number of nitrogens with two attached hydrogens (primary N) is 1. The highest BCUT2D eigenvalue weighted by atomic mass is 32.1. The number of esters is 1. The second-order valence-electron chi connectivity index (χ2n) is 4.66. The first-order valence-electron chi connectivity index (χ1n) is 7.00. The van der Waals surface area contributed by atoms with Crippen LogP contribution in [0.25, 0.3) is 0 Å². The van der Waals surface area contributed by atoms with Gasteiger partial charge in [0.25, 0.3) is 0 Å². The van der Waals surface area contributed by atoms with Crippen molar-refractivity contribution in [2.75, 3.05) is 37.9 Å². The molecule has 0 aliphatic carbocycles. The van der Waals surface area contributed by atoms with Crippen molar-refractivity contribution in [3.05, 3.63) is 4.88 Å². The van der Waals surface area contributed by atoms with Gasteiger partial charge < -0.3 is 25.3 Å². The SMILES string of the molecule is CCOC(=O)c1sc(NCCCOC)c(OC(C)C)c1N. The van der Waals surface area contributed by atoms with Gasteiger partial charge >= 0.3 is 5.97 Å². The quantitative estimate of drug-likeness (QED) is 0.538. The molecule has 0 atom stereocenters. The molecule has 0 aromatic carbocycles. The minimum absolute atomic E-state index is 0.0310. The molecule has 0 bridgehead atoms. The maximum Gasteiger partial charge on any atom is 0.350 e. The minimum atomic E-state index is -0.418. The van der Waals surface area contributed by atoms with E-state index >= 15 is 0 Å². The van der Waals surface area contributed by atoms with Crippen molar-refractivity contribution < 1.29 is 19.0 Å². The zero-order valence-electron chi connectivity index (χ0n) is 13.0. The topological polar surface area (TPSA) is 82.8 Å². The Balaban J connectivity index is 2.92. The van der Waals surface area contributed by atoms with Crippen LogP contribution in [0.2, 0.25) is 0 Å². The summed E-state index contributed by atoms with van der Waals surface area (Å²) in [6.07, 6.45) is 0.820. The molecule has 1 aromatic rings. The van der Waals surface area contributed by atoms with E-state index in [-0.39, 0.29) is 6.10 Å². The molecule has 3 N–H and O–H groups in total. The van der Waals surface area contributed by atoms with Gasteiger partial charge in [0.2, 0.25) is 0 Å². The smallest absolute Gasteiger partial charge is 0.350 e. The number of methoxy groups -OCH3 is 1. The highest BCUT2D eigenvalue weighted by molar-refractivity contribution is 7.19. The number of anilines is 2. The number of hydrogen-bond acceptors (Lipinski definition) is 7. The third-order valence-electron chi connectivity index (χ3n) is 2.52. The number of nitrogen functional groups attached to an aromatic ring is 1. The minimum Gasteiger partial charge on any atom is -0.486 e. The lowest BCUT2D eigenvalue weighted by Gasteiger charge is -2.12. The Bertz CT molecular complexity index is 460. The van der Waals surface area contributed by atoms with Gasteiger partial charge in [-0.2, -0.15) is 0 Å². The van der Waals surface area contributed by atoms with E-state index in [1.165, 1.54) is 11.3 Å². The lowest BCUT2D eigenvalue weighted by molar-refractivity contribution is 0.0533. The lowest BCUT2D eigenvalue weighted by atomic mass is 10.3. The van der Waals surface area contributed by atoms with Crippen LogP contribution in [-0.2, 0) is 9.47 Å². The van der Waals surface area contributed by atoms with E-state index in [4.69, 9.17) is 19.9 Å². The molecule has 0 unspecified atom stereocenters. The van der Waals surface area contributed by atoms with Gasteiger partial charge in [-0.3, -0.25) is 0 Å². The average molecular weight is 316 g/mol. The maximum absolute atomic E-state index is 11.9. The van der Waals surface area contributed by atoms with E-state index in [0.717, 1.165) is 11.4 Å². The number of nitrogens with one attached hydrogen (secondary N) is 1. The summed E-state index contributed by atoms with van der Waals surface area (Å²) >= 11 is 1.26. The summed E-state index contributed by atoms with van der Waals surface area (Å²) in [5, 5.41) is 3.99. The standard InChI is InChI=1S/C14H24N2O4S/c1-5-19-14(17)12-10(15)11(20-9(2)3)13(21-12)16-7-6-8-18-4/h9,16H,5-8,15H2,1-4H3. The summed E-state index contributed by atoms with van der Waals surface area (Å²) in [6, 6.07) is 0. The van der Waals surface area contributed by atoms with Crippen LogP contribution < -0.4 is 15.8 Å². The zero-order chi connectivity index (χ0) is 15.8. The van der Waals surface area contributed by atoms with Crippen molar-refractivity contribution >= 4 is 28.0 Å². The maximum atomic E-state index is 11.9. The number of rotatable bonds is 9. The first kappa shape index (κ1) is 17.6. The summed E-state index contributed by atoms with van der Waals surface area (Å²) in [7, 11) is 1.66. The van der Waals surface area contributed by atoms with Crippen LogP contribution in [0.15, 0.2) is 0 Å². The molecule has 0 fully saturated rings. The highest BCUT2D eigenvalue weighted by Gasteiger charge is 2.23. The Morgan fingerprint density at radius 3 is 2.71 bits per heavy atom. The van der Waals surface area contributed by atoms with Gasteiger partial charge in [0.15, 0.2) is 5.75 Å². The number of carbonyl (C=O) groups excluding carboxylic acids is 1. The van der Waals surface area contributed by atoms with Crippen molar-refractivity contribution in [1.29, 1.82) is 0 Å². The van der Waals surface area contributed by atoms with Crippen LogP contribution in [0, 0.1) is 0 Å². The van der Waals surface area contributed by atoms with Gasteiger partial charge in [-0.1, -0.05) is 0 Å². The zero-order valence-corrected chi connectivity index (χ0v) is 13.8. The van der Waals surface area contributed by atoms with Crippen LogP contribution >= 0.6 is 11.3 Å². The van der Waals surface area contributed by atoms with Crippen LogP contribution in [-0.4, -0.2) is 38.9 Å². The fourth-order valence-corrected chi connectivity index (χ4v) is 2.64. The summed E-state index contributed by atoms with van der Waals surface area (Å²) in [5.41, 5.74) is 6.37. The molecule has 0 radical (unpaired) electrons. The molecule has 0 amide bonds. The molecule has 0 aliphatic heterocycles. The predicted molar refractivity (Wildman–Crippen MR) is 85.4 cm³/mol. The average Bonchev–Trinajstić information content (AvgIpc) is 2.72. The van der Waals surface area contributed by atoms with E-state index in [9.17, 15) is 4.79 Å². The molecule has 0 spiro atoms. The second-order valence-corrected chi connectivity index (χ2v) is 5.68. The molecule has 1 rings (SSSR count). The molecule has 0 saturated carbocycles. The summed E-state index contributed by atoms with van der Waals surface area (Å²) < 4.78 is 15.7. The van der Waals surface area contributed by atoms with Crippen molar-refractivity contribution in [3.8, 4) is 5.75 Å². The molecule has 7 heteroatoms. The van der Waals surface area contributed by atoms with Gasteiger partial charge in [-0.25, -0.2) is 4.79 Å². The molecule has 21 heavy (non-hydrogen) atoms. The van der Waals surface area contributed by atoms with Crippen molar-refractivity contribution in [3.63, 3.8) is 0 Å². The highest BCUT2D eigenvalue weighted by Crippen LogP contribution is 2.43. The molecule has 0 saturated heterocycles. The first-order chi connectivity index (χ1) is 10.0. The van der Waals surface area contributed by atoms with Gasteiger partial charge in [0.1, 0.15) is 15.6 Å². The molecule has 120 valence electrons. The number of ether oxygens (including phenoxy) is 3. The van der Waals surface area contributed by atoms with Crippen molar-refractivity contribution in [2.45, 2.75) is 33.3 Å². The van der Waals surface area contributed by atoms with Crippen LogP contribution in [0.3, 0.4) is 0 Å². The Morgan fingerprint density at radius 1 is 1.43 bits per heavy atom. The summed E-state index contributed by atoms with van der Waals surface area (Å²) in [4.78, 5) is 12.3. The van der Waals surface area contributed by atoms with Gasteiger partial charge in [0.05, 0.1) is 12.7 Å². The first-order valence-corrected chi connectivity index (χ1v) is 7.81. The van der Waals surface area contributed by atoms with Crippen LogP contribution in [0.5, 0.6) is 5.75 Å². The van der Waals surface area contributed by atoms with E-state index in [0.29, 0.717) is 36.1 Å². The third-order valence-corrected chi connectivity index (χ3v) is 3.65. The predicted octanol–water partition coefficient (Wildman–Crippen LogP) is 2.74. The summed E-state index contributed by atoms with van der Waals surface area (Å²) in [5.74, 6) is 0.106. The normalized spacial score (nSPS) is 10.7. The summed E-state index contributed by atoms with van der Waals surface area (Å²) in [6.45, 7) is 7.28. The number of thiophene rings is 1. The molecular weight excluding hydrogens is 292 g/mol. The van der Waals surface area contributed by atoms with E-state index in [2.05, 4.69) is 5.32 Å². The Hall–Kier alpha value is -1.47. The van der Waals surface area contributed by atoms with Gasteiger partial charge in [0, 0.05) is 20.3 Å². The monoisotopic (exact) mass is 316 g/mol. The van der Waals surface area contributed by atoms with E-state index < -0.39 is 5.97 Å². The largest absolute Gasteiger partial charge is 0.486 e.